The number of carbonyl (C=O) groups excluding carboxylic acids is 1. The summed E-state index contributed by atoms with van der Waals surface area (Å²) in [5.41, 5.74) is 0.794. The summed E-state index contributed by atoms with van der Waals surface area (Å²) < 4.78 is 1.89. The predicted molar refractivity (Wildman–Crippen MR) is 69.1 cm³/mol. The molecule has 96 valence electrons. The molecule has 0 aliphatic rings. The topological polar surface area (TPSA) is 59.3 Å². The molecule has 1 N–H and O–H groups in total. The Kier molecular flexibility index (Phi) is 3.92. The maximum atomic E-state index is 11.7. The maximum Gasteiger partial charge on any atom is 0.220 e. The lowest BCUT2D eigenvalue weighted by atomic mass is 10.2. The average Bonchev–Trinajstić information content (AvgIpc) is 2.80. The van der Waals surface area contributed by atoms with E-state index in [2.05, 4.69) is 22.4 Å². The van der Waals surface area contributed by atoms with Crippen LogP contribution in [0.3, 0.4) is 0 Å². The minimum atomic E-state index is -0.133. The molecule has 18 heavy (non-hydrogen) atoms. The van der Waals surface area contributed by atoms with Gasteiger partial charge in [0.1, 0.15) is 0 Å². The van der Waals surface area contributed by atoms with Crippen molar-refractivity contribution in [2.75, 3.05) is 0 Å². The smallest absolute Gasteiger partial charge is 0.220 e. The molecule has 1 amide bonds. The van der Waals surface area contributed by atoms with Crippen LogP contribution in [0.4, 0.5) is 0 Å². The third-order valence-electron chi connectivity index (χ3n) is 2.86. The molecular formula is C13H18N4O. The summed E-state index contributed by atoms with van der Waals surface area (Å²) in [6.45, 7) is 4.00. The number of hydrogen-bond acceptors (Lipinski definition) is 3. The Morgan fingerprint density at radius 3 is 3.06 bits per heavy atom. The van der Waals surface area contributed by atoms with Crippen LogP contribution in [0, 0.1) is 0 Å². The van der Waals surface area contributed by atoms with Crippen LogP contribution in [-0.4, -0.2) is 20.5 Å². The van der Waals surface area contributed by atoms with Crippen LogP contribution >= 0.6 is 0 Å². The molecule has 2 rings (SSSR count). The standard InChI is InChI=1S/C13H18N4O/c1-3-4-8-12(18)14-10(2)13-16-15-11-7-5-6-9-17(11)13/h5-7,9-10H,3-4,8H2,1-2H3,(H,14,18). The number of fused-ring (bicyclic) bond motifs is 1. The number of amides is 1. The minimum Gasteiger partial charge on any atom is -0.346 e. The fourth-order valence-corrected chi connectivity index (χ4v) is 1.87. The first kappa shape index (κ1) is 12.5. The highest BCUT2D eigenvalue weighted by molar-refractivity contribution is 5.76. The van der Waals surface area contributed by atoms with Gasteiger partial charge in [0, 0.05) is 12.6 Å². The fraction of sp³-hybridized carbons (Fsp3) is 0.462. The number of nitrogens with zero attached hydrogens (tertiary/aromatic N) is 3. The molecule has 0 fully saturated rings. The second kappa shape index (κ2) is 5.62. The molecule has 0 aliphatic carbocycles. The number of pyridine rings is 1. The van der Waals surface area contributed by atoms with E-state index < -0.39 is 0 Å². The first-order valence-corrected chi connectivity index (χ1v) is 6.31. The van der Waals surface area contributed by atoms with Gasteiger partial charge < -0.3 is 5.32 Å². The molecule has 5 nitrogen and oxygen atoms in total. The lowest BCUT2D eigenvalue weighted by molar-refractivity contribution is -0.121. The van der Waals surface area contributed by atoms with E-state index in [1.54, 1.807) is 0 Å². The summed E-state index contributed by atoms with van der Waals surface area (Å²) in [5.74, 6) is 0.826. The monoisotopic (exact) mass is 246 g/mol. The summed E-state index contributed by atoms with van der Waals surface area (Å²) in [6, 6.07) is 5.60. The molecule has 5 heteroatoms. The predicted octanol–water partition coefficient (Wildman–Crippen LogP) is 2.10. The molecule has 0 aromatic carbocycles. The van der Waals surface area contributed by atoms with Crippen LogP contribution in [0.2, 0.25) is 0 Å². The maximum absolute atomic E-state index is 11.7. The van der Waals surface area contributed by atoms with E-state index in [-0.39, 0.29) is 11.9 Å². The van der Waals surface area contributed by atoms with Gasteiger partial charge in [-0.2, -0.15) is 0 Å². The highest BCUT2D eigenvalue weighted by Crippen LogP contribution is 2.12. The third-order valence-corrected chi connectivity index (χ3v) is 2.86. The van der Waals surface area contributed by atoms with Crippen molar-refractivity contribution in [1.82, 2.24) is 19.9 Å². The summed E-state index contributed by atoms with van der Waals surface area (Å²) in [6.07, 6.45) is 4.41. The van der Waals surface area contributed by atoms with Gasteiger partial charge in [0.05, 0.1) is 6.04 Å². The van der Waals surface area contributed by atoms with Crippen LogP contribution in [0.1, 0.15) is 45.0 Å². The van der Waals surface area contributed by atoms with Crippen molar-refractivity contribution in [1.29, 1.82) is 0 Å². The molecule has 2 heterocycles. The second-order valence-electron chi connectivity index (χ2n) is 4.38. The molecular weight excluding hydrogens is 228 g/mol. The molecule has 0 saturated carbocycles. The Balaban J connectivity index is 2.09. The lowest BCUT2D eigenvalue weighted by Gasteiger charge is -2.12. The zero-order chi connectivity index (χ0) is 13.0. The number of hydrogen-bond donors (Lipinski definition) is 1. The van der Waals surface area contributed by atoms with E-state index in [4.69, 9.17) is 0 Å². The zero-order valence-electron chi connectivity index (χ0n) is 10.8. The molecule has 1 unspecified atom stereocenters. The van der Waals surface area contributed by atoms with E-state index in [1.807, 2.05) is 35.7 Å². The SMILES string of the molecule is CCCCC(=O)NC(C)c1nnc2ccccn12. The Bertz CT molecular complexity index is 535. The normalized spacial score (nSPS) is 12.6. The first-order chi connectivity index (χ1) is 8.72. The second-order valence-corrected chi connectivity index (χ2v) is 4.38. The van der Waals surface area contributed by atoms with Gasteiger partial charge >= 0.3 is 0 Å². The number of nitrogens with one attached hydrogen (secondary N) is 1. The lowest BCUT2D eigenvalue weighted by Crippen LogP contribution is -2.27. The van der Waals surface area contributed by atoms with Gasteiger partial charge in [-0.05, 0) is 25.5 Å². The van der Waals surface area contributed by atoms with E-state index in [9.17, 15) is 4.79 Å². The van der Waals surface area contributed by atoms with Crippen molar-refractivity contribution in [3.63, 3.8) is 0 Å². The molecule has 0 bridgehead atoms. The van der Waals surface area contributed by atoms with Gasteiger partial charge in [0.25, 0.3) is 0 Å². The first-order valence-electron chi connectivity index (χ1n) is 6.31. The Morgan fingerprint density at radius 1 is 1.44 bits per heavy atom. The quantitative estimate of drug-likeness (QED) is 0.878. The van der Waals surface area contributed by atoms with E-state index in [0.717, 1.165) is 24.3 Å². The van der Waals surface area contributed by atoms with Gasteiger partial charge in [-0.1, -0.05) is 19.4 Å². The van der Waals surface area contributed by atoms with Crippen molar-refractivity contribution in [2.45, 2.75) is 39.2 Å². The Hall–Kier alpha value is -1.91. The number of aromatic nitrogens is 3. The highest BCUT2D eigenvalue weighted by atomic mass is 16.1. The summed E-state index contributed by atoms with van der Waals surface area (Å²) in [4.78, 5) is 11.7. The third kappa shape index (κ3) is 2.67. The van der Waals surface area contributed by atoms with Gasteiger partial charge in [-0.3, -0.25) is 9.20 Å². The van der Waals surface area contributed by atoms with Crippen LogP contribution in [-0.2, 0) is 4.79 Å². The molecule has 0 radical (unpaired) electrons. The van der Waals surface area contributed by atoms with Crippen molar-refractivity contribution >= 4 is 11.6 Å². The summed E-state index contributed by atoms with van der Waals surface area (Å²) in [7, 11) is 0. The summed E-state index contributed by atoms with van der Waals surface area (Å²) >= 11 is 0. The Labute approximate surface area is 106 Å². The van der Waals surface area contributed by atoms with E-state index in [0.29, 0.717) is 6.42 Å². The zero-order valence-corrected chi connectivity index (χ0v) is 10.8. The van der Waals surface area contributed by atoms with E-state index in [1.165, 1.54) is 0 Å². The average molecular weight is 246 g/mol. The molecule has 0 spiro atoms. The number of carbonyl (C=O) groups is 1. The molecule has 1 atom stereocenters. The van der Waals surface area contributed by atoms with Gasteiger partial charge in [-0.25, -0.2) is 0 Å². The highest BCUT2D eigenvalue weighted by Gasteiger charge is 2.14. The van der Waals surface area contributed by atoms with Crippen LogP contribution in [0.25, 0.3) is 5.65 Å². The fourth-order valence-electron chi connectivity index (χ4n) is 1.87. The van der Waals surface area contributed by atoms with Crippen LogP contribution < -0.4 is 5.32 Å². The van der Waals surface area contributed by atoms with Gasteiger partial charge in [0.2, 0.25) is 5.91 Å². The van der Waals surface area contributed by atoms with E-state index >= 15 is 0 Å². The van der Waals surface area contributed by atoms with Crippen molar-refractivity contribution < 1.29 is 4.79 Å². The Morgan fingerprint density at radius 2 is 2.28 bits per heavy atom. The van der Waals surface area contributed by atoms with Crippen molar-refractivity contribution in [3.05, 3.63) is 30.2 Å². The van der Waals surface area contributed by atoms with Crippen molar-refractivity contribution in [3.8, 4) is 0 Å². The molecule has 0 saturated heterocycles. The number of unbranched alkanes of at least 4 members (excludes halogenated alkanes) is 1. The van der Waals surface area contributed by atoms with Crippen LogP contribution in [0.15, 0.2) is 24.4 Å². The largest absolute Gasteiger partial charge is 0.346 e. The van der Waals surface area contributed by atoms with Gasteiger partial charge in [0.15, 0.2) is 11.5 Å². The minimum absolute atomic E-state index is 0.0667. The molecule has 2 aromatic rings. The van der Waals surface area contributed by atoms with Gasteiger partial charge in [-0.15, -0.1) is 10.2 Å². The molecule has 2 aromatic heterocycles. The summed E-state index contributed by atoms with van der Waals surface area (Å²) in [5, 5.41) is 11.1. The molecule has 0 aliphatic heterocycles. The number of rotatable bonds is 5. The van der Waals surface area contributed by atoms with Crippen LogP contribution in [0.5, 0.6) is 0 Å². The van der Waals surface area contributed by atoms with Crippen molar-refractivity contribution in [2.24, 2.45) is 0 Å².